The van der Waals surface area contributed by atoms with Crippen LogP contribution in [0.5, 0.6) is 0 Å². The smallest absolute Gasteiger partial charge is 0.178 e. The van der Waals surface area contributed by atoms with Gasteiger partial charge in [0.05, 0.1) is 11.9 Å². The number of rotatable bonds is 3. The quantitative estimate of drug-likeness (QED) is 0.778. The van der Waals surface area contributed by atoms with Crippen LogP contribution in [-0.4, -0.2) is 47.9 Å². The zero-order valence-corrected chi connectivity index (χ0v) is 11.5. The molecule has 19 heavy (non-hydrogen) atoms. The minimum Gasteiger partial charge on any atom is -0.369 e. The Hall–Kier alpha value is -1.42. The van der Waals surface area contributed by atoms with Crippen molar-refractivity contribution >= 4 is 11.5 Å². The van der Waals surface area contributed by atoms with Gasteiger partial charge in [-0.05, 0) is 44.5 Å². The van der Waals surface area contributed by atoms with E-state index in [4.69, 9.17) is 0 Å². The molecule has 102 valence electrons. The highest BCUT2D eigenvalue weighted by atomic mass is 16.1. The molecule has 2 fully saturated rings. The van der Waals surface area contributed by atoms with Gasteiger partial charge in [-0.25, -0.2) is 0 Å². The molecular formula is C15H21N3O. The molecule has 0 radical (unpaired) electrons. The molecule has 0 aromatic carbocycles. The monoisotopic (exact) mass is 259 g/mol. The van der Waals surface area contributed by atoms with Gasteiger partial charge in [-0.2, -0.15) is 0 Å². The number of pyridine rings is 1. The molecule has 1 aromatic heterocycles. The highest BCUT2D eigenvalue weighted by Gasteiger charge is 2.29. The van der Waals surface area contributed by atoms with Crippen LogP contribution in [0.25, 0.3) is 0 Å². The number of anilines is 1. The first-order valence-corrected chi connectivity index (χ1v) is 7.20. The van der Waals surface area contributed by atoms with Crippen molar-refractivity contribution in [2.24, 2.45) is 0 Å². The average Bonchev–Trinajstić information content (AvgIpc) is 3.10. The van der Waals surface area contributed by atoms with E-state index in [1.165, 1.54) is 32.4 Å². The molecule has 1 unspecified atom stereocenters. The molecule has 0 aliphatic carbocycles. The average molecular weight is 259 g/mol. The second-order valence-electron chi connectivity index (χ2n) is 5.59. The fourth-order valence-corrected chi connectivity index (χ4v) is 3.16. The van der Waals surface area contributed by atoms with E-state index in [9.17, 15) is 4.79 Å². The van der Waals surface area contributed by atoms with Gasteiger partial charge >= 0.3 is 0 Å². The molecular weight excluding hydrogens is 238 g/mol. The van der Waals surface area contributed by atoms with E-state index < -0.39 is 0 Å². The Morgan fingerprint density at radius 1 is 1.26 bits per heavy atom. The summed E-state index contributed by atoms with van der Waals surface area (Å²) in [5, 5.41) is 0. The zero-order chi connectivity index (χ0) is 13.2. The zero-order valence-electron chi connectivity index (χ0n) is 11.5. The van der Waals surface area contributed by atoms with Gasteiger partial charge in [0.25, 0.3) is 0 Å². The van der Waals surface area contributed by atoms with Crippen LogP contribution in [0, 0.1) is 0 Å². The molecule has 0 bridgehead atoms. The summed E-state index contributed by atoms with van der Waals surface area (Å²) >= 11 is 0. The Morgan fingerprint density at radius 3 is 2.68 bits per heavy atom. The van der Waals surface area contributed by atoms with Crippen molar-refractivity contribution < 1.29 is 4.79 Å². The summed E-state index contributed by atoms with van der Waals surface area (Å²) in [7, 11) is 0. The first kappa shape index (κ1) is 12.6. The number of hydrogen-bond donors (Lipinski definition) is 0. The Labute approximate surface area is 114 Å². The van der Waals surface area contributed by atoms with Crippen LogP contribution in [-0.2, 0) is 0 Å². The Kier molecular flexibility index (Phi) is 3.51. The van der Waals surface area contributed by atoms with Gasteiger partial charge in [-0.1, -0.05) is 0 Å². The van der Waals surface area contributed by atoms with E-state index in [0.717, 1.165) is 18.8 Å². The summed E-state index contributed by atoms with van der Waals surface area (Å²) in [4.78, 5) is 20.5. The van der Waals surface area contributed by atoms with Crippen LogP contribution in [0.4, 0.5) is 5.69 Å². The van der Waals surface area contributed by atoms with E-state index in [0.29, 0.717) is 11.7 Å². The molecule has 4 heteroatoms. The second-order valence-corrected chi connectivity index (χ2v) is 5.59. The maximum absolute atomic E-state index is 11.2. The van der Waals surface area contributed by atoms with Crippen LogP contribution in [0.3, 0.4) is 0 Å². The molecule has 1 aromatic rings. The van der Waals surface area contributed by atoms with Crippen molar-refractivity contribution in [1.29, 1.82) is 0 Å². The molecule has 2 aliphatic heterocycles. The minimum absolute atomic E-state index is 0.0305. The fraction of sp³-hybridized carbons (Fsp3) is 0.600. The lowest BCUT2D eigenvalue weighted by atomic mass is 10.2. The van der Waals surface area contributed by atoms with Crippen LogP contribution in [0.15, 0.2) is 18.3 Å². The van der Waals surface area contributed by atoms with Crippen LogP contribution < -0.4 is 4.90 Å². The van der Waals surface area contributed by atoms with Gasteiger partial charge in [-0.15, -0.1) is 0 Å². The molecule has 1 atom stereocenters. The molecule has 0 saturated carbocycles. The molecule has 0 amide bonds. The Morgan fingerprint density at radius 2 is 2.05 bits per heavy atom. The largest absolute Gasteiger partial charge is 0.369 e. The lowest BCUT2D eigenvalue weighted by molar-refractivity contribution is 0.101. The summed E-state index contributed by atoms with van der Waals surface area (Å²) < 4.78 is 0. The number of likely N-dealkylation sites (tertiary alicyclic amines) is 1. The molecule has 3 heterocycles. The third-order valence-electron chi connectivity index (χ3n) is 4.29. The Balaban J connectivity index is 1.65. The lowest BCUT2D eigenvalue weighted by Crippen LogP contribution is -2.35. The molecule has 4 nitrogen and oxygen atoms in total. The second kappa shape index (κ2) is 5.29. The fourth-order valence-electron chi connectivity index (χ4n) is 3.16. The Bertz CT molecular complexity index is 451. The number of hydrogen-bond acceptors (Lipinski definition) is 4. The van der Waals surface area contributed by atoms with Crippen molar-refractivity contribution in [3.05, 3.63) is 24.0 Å². The molecule has 2 aliphatic rings. The molecule has 0 spiro atoms. The van der Waals surface area contributed by atoms with Gasteiger partial charge in [0.1, 0.15) is 5.69 Å². The van der Waals surface area contributed by atoms with Crippen molar-refractivity contribution in [3.8, 4) is 0 Å². The summed E-state index contributed by atoms with van der Waals surface area (Å²) in [6, 6.07) is 4.56. The minimum atomic E-state index is 0.0305. The van der Waals surface area contributed by atoms with Gasteiger partial charge < -0.3 is 4.90 Å². The summed E-state index contributed by atoms with van der Waals surface area (Å²) in [6.45, 7) is 6.28. The predicted octanol–water partition coefficient (Wildman–Crippen LogP) is 1.96. The predicted molar refractivity (Wildman–Crippen MR) is 75.7 cm³/mol. The highest BCUT2D eigenvalue weighted by molar-refractivity contribution is 5.92. The number of nitrogens with zero attached hydrogens (tertiary/aromatic N) is 3. The lowest BCUT2D eigenvalue weighted by Gasteiger charge is -2.24. The van der Waals surface area contributed by atoms with Gasteiger partial charge in [0.2, 0.25) is 0 Å². The third-order valence-corrected chi connectivity index (χ3v) is 4.29. The van der Waals surface area contributed by atoms with Crippen LogP contribution in [0.1, 0.15) is 36.7 Å². The van der Waals surface area contributed by atoms with Crippen LogP contribution in [0.2, 0.25) is 0 Å². The number of Topliss-reactive ketones (excluding diaryl/α,β-unsaturated/α-hetero) is 1. The van der Waals surface area contributed by atoms with Crippen molar-refractivity contribution in [2.45, 2.75) is 32.2 Å². The first-order valence-electron chi connectivity index (χ1n) is 7.20. The molecule has 2 saturated heterocycles. The van der Waals surface area contributed by atoms with Crippen LogP contribution >= 0.6 is 0 Å². The maximum atomic E-state index is 11.2. The third kappa shape index (κ3) is 2.63. The maximum Gasteiger partial charge on any atom is 0.178 e. The first-order chi connectivity index (χ1) is 9.24. The SMILES string of the molecule is CC(=O)c1ccc(N2CCC(N3CCCC3)C2)cn1. The van der Waals surface area contributed by atoms with E-state index in [-0.39, 0.29) is 5.78 Å². The normalized spacial score (nSPS) is 24.1. The van der Waals surface area contributed by atoms with Gasteiger partial charge in [0, 0.05) is 26.1 Å². The number of carbonyl (C=O) groups excluding carboxylic acids is 1. The molecule has 3 rings (SSSR count). The number of carbonyl (C=O) groups is 1. The van der Waals surface area contributed by atoms with Crippen molar-refractivity contribution in [3.63, 3.8) is 0 Å². The van der Waals surface area contributed by atoms with Crippen molar-refractivity contribution in [2.75, 3.05) is 31.1 Å². The standard InChI is InChI=1S/C15H21N3O/c1-12(19)15-5-4-13(10-16-15)18-9-6-14(11-18)17-7-2-3-8-17/h4-5,10,14H,2-3,6-9,11H2,1H3. The van der Waals surface area contributed by atoms with Crippen molar-refractivity contribution in [1.82, 2.24) is 9.88 Å². The van der Waals surface area contributed by atoms with Gasteiger partial charge in [0.15, 0.2) is 5.78 Å². The number of aromatic nitrogens is 1. The van der Waals surface area contributed by atoms with Gasteiger partial charge in [-0.3, -0.25) is 14.7 Å². The highest BCUT2D eigenvalue weighted by Crippen LogP contribution is 2.24. The summed E-state index contributed by atoms with van der Waals surface area (Å²) in [5.41, 5.74) is 1.70. The summed E-state index contributed by atoms with van der Waals surface area (Å²) in [5.74, 6) is 0.0305. The topological polar surface area (TPSA) is 36.4 Å². The van der Waals surface area contributed by atoms with E-state index in [2.05, 4.69) is 14.8 Å². The van der Waals surface area contributed by atoms with E-state index in [1.807, 2.05) is 18.3 Å². The molecule has 0 N–H and O–H groups in total. The van der Waals surface area contributed by atoms with E-state index >= 15 is 0 Å². The van der Waals surface area contributed by atoms with E-state index in [1.54, 1.807) is 6.92 Å². The summed E-state index contributed by atoms with van der Waals surface area (Å²) in [6.07, 6.45) is 5.79. The number of ketones is 1.